The van der Waals surface area contributed by atoms with E-state index in [1.165, 1.54) is 0 Å². The van der Waals surface area contributed by atoms with E-state index in [0.29, 0.717) is 71.0 Å². The van der Waals surface area contributed by atoms with E-state index in [1.807, 2.05) is 42.5 Å². The van der Waals surface area contributed by atoms with Gasteiger partial charge in [-0.25, -0.2) is 0 Å². The van der Waals surface area contributed by atoms with Crippen molar-refractivity contribution in [1.82, 2.24) is 4.90 Å². The Hall–Kier alpha value is -2.71. The summed E-state index contributed by atoms with van der Waals surface area (Å²) in [5, 5.41) is 9.61. The van der Waals surface area contributed by atoms with Crippen LogP contribution in [0.5, 0.6) is 5.75 Å². The molecule has 5 rings (SSSR count). The Kier molecular flexibility index (Phi) is 7.17. The van der Waals surface area contributed by atoms with Crippen molar-refractivity contribution in [2.45, 2.75) is 51.0 Å². The number of ether oxygens (including phenoxy) is 1. The van der Waals surface area contributed by atoms with Gasteiger partial charge in [0.05, 0.1) is 8.95 Å². The number of rotatable bonds is 6. The average molecular weight is 615 g/mol. The van der Waals surface area contributed by atoms with Gasteiger partial charge in [-0.3, -0.25) is 14.4 Å². The Bertz CT molecular complexity index is 1250. The van der Waals surface area contributed by atoms with E-state index >= 15 is 0 Å². The number of hydrogen-bond acceptors (Lipinski definition) is 5. The monoisotopic (exact) mass is 613 g/mol. The zero-order valence-corrected chi connectivity index (χ0v) is 22.7. The minimum Gasteiger partial charge on any atom is -0.487 e. The van der Waals surface area contributed by atoms with Crippen molar-refractivity contribution in [3.8, 4) is 5.75 Å². The topological polar surface area (TPSA) is 83.9 Å². The number of carboxylic acid groups (broad SMARTS) is 1. The fourth-order valence-electron chi connectivity index (χ4n) is 5.49. The van der Waals surface area contributed by atoms with Crippen LogP contribution < -0.4 is 4.74 Å². The first-order valence-corrected chi connectivity index (χ1v) is 13.6. The lowest BCUT2D eigenvalue weighted by Crippen LogP contribution is -2.41. The predicted octanol–water partition coefficient (Wildman–Crippen LogP) is 6.29. The van der Waals surface area contributed by atoms with Gasteiger partial charge in [0.1, 0.15) is 18.9 Å². The molecular formula is C28H25Br2NO5. The molecule has 1 aliphatic heterocycles. The third kappa shape index (κ3) is 4.68. The van der Waals surface area contributed by atoms with E-state index in [-0.39, 0.29) is 18.1 Å². The second kappa shape index (κ2) is 10.3. The number of Topliss-reactive ketones (excluding diaryl/α,β-unsaturated/α-hetero) is 2. The Balaban J connectivity index is 1.60. The number of nitrogens with zero attached hydrogens (tertiary/aromatic N) is 1. The fraction of sp³-hybridized carbons (Fsp3) is 0.321. The fourth-order valence-corrected chi connectivity index (χ4v) is 6.94. The summed E-state index contributed by atoms with van der Waals surface area (Å²) in [6.45, 7) is 0.150. The molecular weight excluding hydrogens is 590 g/mol. The number of benzene rings is 2. The third-order valence-corrected chi connectivity index (χ3v) is 8.14. The summed E-state index contributed by atoms with van der Waals surface area (Å²) >= 11 is 7.29. The summed E-state index contributed by atoms with van der Waals surface area (Å²) in [6.07, 6.45) is 3.39. The number of ketones is 2. The van der Waals surface area contributed by atoms with E-state index < -0.39 is 11.9 Å². The summed E-state index contributed by atoms with van der Waals surface area (Å²) < 4.78 is 7.52. The Morgan fingerprint density at radius 1 is 0.917 bits per heavy atom. The van der Waals surface area contributed by atoms with Crippen LogP contribution in [-0.2, 0) is 21.0 Å². The van der Waals surface area contributed by atoms with Crippen molar-refractivity contribution in [1.29, 1.82) is 0 Å². The first kappa shape index (κ1) is 25.0. The van der Waals surface area contributed by atoms with Crippen molar-refractivity contribution in [2.75, 3.05) is 6.54 Å². The van der Waals surface area contributed by atoms with E-state index in [4.69, 9.17) is 4.74 Å². The standard InChI is InChI=1S/C28H25Br2NO5/c29-18-12-17(13-19(30)28(18)36-15-16-6-2-1-3-7-16)25-26-20(8-4-10-22(26)32)31(14-24(34)35)21-9-5-11-23(33)27(21)25/h1-3,6-7,12-13,25H,4-5,8-11,14-15H2,(H,34,35). The van der Waals surface area contributed by atoms with Crippen molar-refractivity contribution >= 4 is 49.4 Å². The van der Waals surface area contributed by atoms with Gasteiger partial charge in [-0.15, -0.1) is 0 Å². The van der Waals surface area contributed by atoms with Crippen LogP contribution >= 0.6 is 31.9 Å². The lowest BCUT2D eigenvalue weighted by molar-refractivity contribution is -0.138. The van der Waals surface area contributed by atoms with Gasteiger partial charge < -0.3 is 14.7 Å². The van der Waals surface area contributed by atoms with Gasteiger partial charge in [0.15, 0.2) is 11.6 Å². The second-order valence-corrected chi connectivity index (χ2v) is 11.0. The van der Waals surface area contributed by atoms with Gasteiger partial charge in [0, 0.05) is 41.3 Å². The molecule has 186 valence electrons. The molecule has 0 radical (unpaired) electrons. The maximum absolute atomic E-state index is 13.3. The molecule has 3 aliphatic rings. The molecule has 0 spiro atoms. The van der Waals surface area contributed by atoms with Crippen LogP contribution in [0.1, 0.15) is 55.6 Å². The van der Waals surface area contributed by atoms with E-state index in [9.17, 15) is 19.5 Å². The number of carbonyl (C=O) groups excluding carboxylic acids is 2. The zero-order valence-electron chi connectivity index (χ0n) is 19.6. The Morgan fingerprint density at radius 2 is 1.47 bits per heavy atom. The predicted molar refractivity (Wildman–Crippen MR) is 141 cm³/mol. The first-order chi connectivity index (χ1) is 17.3. The molecule has 0 atom stereocenters. The van der Waals surface area contributed by atoms with Crippen LogP contribution in [0.2, 0.25) is 0 Å². The van der Waals surface area contributed by atoms with Crippen LogP contribution in [0.3, 0.4) is 0 Å². The van der Waals surface area contributed by atoms with Gasteiger partial charge in [-0.1, -0.05) is 30.3 Å². The molecule has 1 heterocycles. The van der Waals surface area contributed by atoms with Crippen LogP contribution in [-0.4, -0.2) is 34.1 Å². The summed E-state index contributed by atoms with van der Waals surface area (Å²) in [7, 11) is 0. The minimum atomic E-state index is -0.978. The smallest absolute Gasteiger partial charge is 0.323 e. The van der Waals surface area contributed by atoms with Crippen LogP contribution in [0.4, 0.5) is 0 Å². The zero-order chi connectivity index (χ0) is 25.4. The molecule has 8 heteroatoms. The van der Waals surface area contributed by atoms with E-state index in [0.717, 1.165) is 22.5 Å². The maximum Gasteiger partial charge on any atom is 0.323 e. The maximum atomic E-state index is 13.3. The molecule has 0 fully saturated rings. The highest BCUT2D eigenvalue weighted by atomic mass is 79.9. The molecule has 2 aromatic rings. The molecule has 36 heavy (non-hydrogen) atoms. The SMILES string of the molecule is O=C(O)CN1C2=C(C(=O)CCC2)C(c2cc(Br)c(OCc3ccccc3)c(Br)c2)C2=C1CCCC2=O. The number of aliphatic carboxylic acids is 1. The van der Waals surface area contributed by atoms with E-state index in [2.05, 4.69) is 31.9 Å². The van der Waals surface area contributed by atoms with Gasteiger partial charge in [0.25, 0.3) is 0 Å². The number of halogens is 2. The van der Waals surface area contributed by atoms with Crippen molar-refractivity contribution < 1.29 is 24.2 Å². The largest absolute Gasteiger partial charge is 0.487 e. The first-order valence-electron chi connectivity index (χ1n) is 12.0. The van der Waals surface area contributed by atoms with Gasteiger partial charge in [-0.2, -0.15) is 0 Å². The Labute approximate surface area is 226 Å². The van der Waals surface area contributed by atoms with E-state index in [1.54, 1.807) is 4.90 Å². The number of hydrogen-bond donors (Lipinski definition) is 1. The quantitative estimate of drug-likeness (QED) is 0.412. The minimum absolute atomic E-state index is 0.0155. The molecule has 0 saturated heterocycles. The van der Waals surface area contributed by atoms with Crippen molar-refractivity contribution in [3.05, 3.63) is 85.1 Å². The summed E-state index contributed by atoms with van der Waals surface area (Å²) in [6, 6.07) is 13.7. The van der Waals surface area contributed by atoms with Gasteiger partial charge >= 0.3 is 5.97 Å². The van der Waals surface area contributed by atoms with Crippen LogP contribution in [0, 0.1) is 0 Å². The molecule has 0 bridgehead atoms. The Morgan fingerprint density at radius 3 is 2.00 bits per heavy atom. The van der Waals surface area contributed by atoms with Crippen molar-refractivity contribution in [3.63, 3.8) is 0 Å². The molecule has 0 saturated carbocycles. The van der Waals surface area contributed by atoms with Crippen LogP contribution in [0.15, 0.2) is 74.0 Å². The molecule has 1 N–H and O–H groups in total. The average Bonchev–Trinajstić information content (AvgIpc) is 2.84. The molecule has 0 amide bonds. The highest BCUT2D eigenvalue weighted by molar-refractivity contribution is 9.11. The summed E-state index contributed by atoms with van der Waals surface area (Å²) in [5.41, 5.74) is 4.48. The van der Waals surface area contributed by atoms with Crippen molar-refractivity contribution in [2.24, 2.45) is 0 Å². The lowest BCUT2D eigenvalue weighted by Gasteiger charge is -2.43. The normalized spacial score (nSPS) is 18.3. The number of allylic oxidation sites excluding steroid dienone is 4. The van der Waals surface area contributed by atoms with Gasteiger partial charge in [-0.05, 0) is 80.8 Å². The molecule has 6 nitrogen and oxygen atoms in total. The molecule has 0 unspecified atom stereocenters. The molecule has 2 aromatic carbocycles. The highest BCUT2D eigenvalue weighted by Crippen LogP contribution is 2.50. The summed E-state index contributed by atoms with van der Waals surface area (Å²) in [5.74, 6) is -0.888. The third-order valence-electron chi connectivity index (χ3n) is 6.96. The molecule has 0 aromatic heterocycles. The lowest BCUT2D eigenvalue weighted by atomic mass is 9.71. The highest BCUT2D eigenvalue weighted by Gasteiger charge is 2.43. The van der Waals surface area contributed by atoms with Crippen LogP contribution in [0.25, 0.3) is 0 Å². The van der Waals surface area contributed by atoms with Gasteiger partial charge in [0.2, 0.25) is 0 Å². The number of carbonyl (C=O) groups is 3. The molecule has 2 aliphatic carbocycles. The summed E-state index contributed by atoms with van der Waals surface area (Å²) in [4.78, 5) is 40.1. The second-order valence-electron chi connectivity index (χ2n) is 9.28. The number of carboxylic acids is 1.